The van der Waals surface area contributed by atoms with Crippen LogP contribution >= 0.6 is 0 Å². The van der Waals surface area contributed by atoms with E-state index < -0.39 is 0 Å². The Morgan fingerprint density at radius 1 is 1.50 bits per heavy atom. The maximum absolute atomic E-state index is 5.45. The predicted molar refractivity (Wildman–Crippen MR) is 64.4 cm³/mol. The highest BCUT2D eigenvalue weighted by Gasteiger charge is 2.33. The summed E-state index contributed by atoms with van der Waals surface area (Å²) < 4.78 is 7.34. The Labute approximate surface area is 105 Å². The summed E-state index contributed by atoms with van der Waals surface area (Å²) in [4.78, 5) is 0. The van der Waals surface area contributed by atoms with Crippen molar-refractivity contribution in [1.82, 2.24) is 9.78 Å². The first-order chi connectivity index (χ1) is 7.60. The van der Waals surface area contributed by atoms with Crippen LogP contribution in [0.1, 0.15) is 27.2 Å². The van der Waals surface area contributed by atoms with Crippen molar-refractivity contribution in [3.8, 4) is 0 Å². The highest BCUT2D eigenvalue weighted by atomic mass is 27.1. The van der Waals surface area contributed by atoms with Crippen molar-refractivity contribution in [1.29, 1.82) is 0 Å². The van der Waals surface area contributed by atoms with Gasteiger partial charge in [-0.2, -0.15) is 5.10 Å². The number of hydrogen-bond acceptors (Lipinski definition) is 2. The Morgan fingerprint density at radius 2 is 2.25 bits per heavy atom. The summed E-state index contributed by atoms with van der Waals surface area (Å²) in [7, 11) is 0. The summed E-state index contributed by atoms with van der Waals surface area (Å²) >= 11 is 2.33. The lowest BCUT2D eigenvalue weighted by Gasteiger charge is -2.21. The molecule has 4 heteroatoms. The number of nitrogens with zero attached hydrogens (tertiary/aromatic N) is 2. The summed E-state index contributed by atoms with van der Waals surface area (Å²) in [6.07, 6.45) is 6.96. The first-order valence-electron chi connectivity index (χ1n) is 5.43. The van der Waals surface area contributed by atoms with Crippen molar-refractivity contribution in [3.63, 3.8) is 0 Å². The molecular weight excluding hydrogens is 215 g/mol. The zero-order chi connectivity index (χ0) is 11.8. The fraction of sp³-hybridized carbons (Fsp3) is 0.417. The molecule has 0 amide bonds. The Balaban J connectivity index is 2.56. The van der Waals surface area contributed by atoms with E-state index in [4.69, 9.17) is 3.79 Å². The molecule has 16 heavy (non-hydrogen) atoms. The molecule has 2 rings (SSSR count). The minimum absolute atomic E-state index is 0.0384. The first kappa shape index (κ1) is 11.5. The lowest BCUT2D eigenvalue weighted by atomic mass is 9.92. The van der Waals surface area contributed by atoms with E-state index in [-0.39, 0.29) is 5.41 Å². The van der Waals surface area contributed by atoms with Gasteiger partial charge in [0.15, 0.2) is 0 Å². The van der Waals surface area contributed by atoms with Gasteiger partial charge >= 0.3 is 16.6 Å². The van der Waals surface area contributed by atoms with Gasteiger partial charge in [-0.15, -0.1) is 0 Å². The molecule has 3 nitrogen and oxygen atoms in total. The van der Waals surface area contributed by atoms with Crippen molar-refractivity contribution in [3.05, 3.63) is 35.9 Å². The molecule has 1 aromatic heterocycles. The van der Waals surface area contributed by atoms with E-state index in [1.807, 2.05) is 16.9 Å². The Hall–Kier alpha value is -0.978. The molecule has 0 atom stereocenters. The topological polar surface area (TPSA) is 27.1 Å². The third-order valence-electron chi connectivity index (χ3n) is 2.88. The average Bonchev–Trinajstić information content (AvgIpc) is 2.82. The molecule has 0 saturated heterocycles. The van der Waals surface area contributed by atoms with E-state index in [1.165, 1.54) is 5.57 Å². The molecule has 82 valence electrons. The normalized spacial score (nSPS) is 18.8. The van der Waals surface area contributed by atoms with Crippen LogP contribution in [0.5, 0.6) is 0 Å². The molecule has 0 aliphatic heterocycles. The van der Waals surface area contributed by atoms with Crippen LogP contribution in [0.3, 0.4) is 0 Å². The van der Waals surface area contributed by atoms with E-state index >= 15 is 0 Å². The lowest BCUT2D eigenvalue weighted by Crippen LogP contribution is -2.15. The van der Waals surface area contributed by atoms with Crippen molar-refractivity contribution >= 4 is 22.3 Å². The van der Waals surface area contributed by atoms with Gasteiger partial charge in [0.25, 0.3) is 0 Å². The lowest BCUT2D eigenvalue weighted by molar-refractivity contribution is 0.471. The van der Waals surface area contributed by atoms with Crippen LogP contribution < -0.4 is 0 Å². The van der Waals surface area contributed by atoms with E-state index in [0.29, 0.717) is 0 Å². The minimum Gasteiger partial charge on any atom is -0.652 e. The summed E-state index contributed by atoms with van der Waals surface area (Å²) in [5.74, 6) is 0.932. The minimum atomic E-state index is -0.0384. The molecule has 1 heterocycles. The van der Waals surface area contributed by atoms with Crippen molar-refractivity contribution in [2.75, 3.05) is 0 Å². The van der Waals surface area contributed by atoms with Crippen LogP contribution in [0, 0.1) is 5.41 Å². The van der Waals surface area contributed by atoms with Crippen LogP contribution in [0.25, 0.3) is 5.70 Å². The quantitative estimate of drug-likeness (QED) is 0.746. The number of aromatic nitrogens is 2. The molecule has 1 aromatic rings. The maximum Gasteiger partial charge on any atom is 0.482 e. The van der Waals surface area contributed by atoms with Crippen LogP contribution in [-0.2, 0) is 3.79 Å². The zero-order valence-corrected chi connectivity index (χ0v) is 11.1. The maximum atomic E-state index is 5.45. The number of hydrogen-bond donors (Lipinski definition) is 0. The summed E-state index contributed by atoms with van der Waals surface area (Å²) in [5, 5.41) is 4.30. The smallest absolute Gasteiger partial charge is 0.482 e. The summed E-state index contributed by atoms with van der Waals surface area (Å²) in [6.45, 7) is 6.49. The van der Waals surface area contributed by atoms with Crippen LogP contribution in [0.15, 0.2) is 35.9 Å². The molecule has 2 radical (unpaired) electrons. The summed E-state index contributed by atoms with van der Waals surface area (Å²) in [5.41, 5.74) is 2.30. The van der Waals surface area contributed by atoms with Crippen LogP contribution in [0.2, 0.25) is 0 Å². The fourth-order valence-electron chi connectivity index (χ4n) is 2.21. The van der Waals surface area contributed by atoms with Crippen molar-refractivity contribution in [2.24, 2.45) is 5.41 Å². The van der Waals surface area contributed by atoms with Crippen molar-refractivity contribution in [2.45, 2.75) is 27.2 Å². The molecule has 0 bridgehead atoms. The van der Waals surface area contributed by atoms with Gasteiger partial charge in [0.1, 0.15) is 5.76 Å². The molecular formula is C12H15AlN2O. The van der Waals surface area contributed by atoms with Crippen molar-refractivity contribution < 1.29 is 3.79 Å². The molecule has 0 aromatic carbocycles. The van der Waals surface area contributed by atoms with E-state index in [1.54, 1.807) is 6.20 Å². The van der Waals surface area contributed by atoms with Gasteiger partial charge in [0.05, 0.1) is 5.70 Å². The summed E-state index contributed by atoms with van der Waals surface area (Å²) in [6, 6.07) is 1.92. The monoisotopic (exact) mass is 230 g/mol. The highest BCUT2D eigenvalue weighted by molar-refractivity contribution is 5.99. The Morgan fingerprint density at radius 3 is 2.75 bits per heavy atom. The van der Waals surface area contributed by atoms with Gasteiger partial charge in [-0.1, -0.05) is 26.8 Å². The molecule has 0 fully saturated rings. The second-order valence-corrected chi connectivity index (χ2v) is 4.73. The van der Waals surface area contributed by atoms with E-state index in [9.17, 15) is 0 Å². The van der Waals surface area contributed by atoms with Gasteiger partial charge in [0, 0.05) is 17.8 Å². The van der Waals surface area contributed by atoms with Crippen LogP contribution in [0.4, 0.5) is 0 Å². The fourth-order valence-corrected chi connectivity index (χ4v) is 2.47. The number of rotatable bonds is 3. The SMILES string of the molecule is CCC1=CC(C)(C)C(n2cccn2)=C1[O][Al]. The van der Waals surface area contributed by atoms with Gasteiger partial charge in [-0.3, -0.25) is 0 Å². The van der Waals surface area contributed by atoms with E-state index in [2.05, 4.69) is 48.6 Å². The van der Waals surface area contributed by atoms with Crippen LogP contribution in [-0.4, -0.2) is 26.4 Å². The molecule has 1 aliphatic rings. The Bertz CT molecular complexity index is 444. The van der Waals surface area contributed by atoms with Gasteiger partial charge in [-0.05, 0) is 18.1 Å². The van der Waals surface area contributed by atoms with Gasteiger partial charge in [-0.25, -0.2) is 4.68 Å². The molecule has 0 spiro atoms. The third kappa shape index (κ3) is 1.73. The molecule has 1 aliphatic carbocycles. The second kappa shape index (κ2) is 4.12. The number of allylic oxidation sites excluding steroid dienone is 3. The molecule has 0 saturated carbocycles. The van der Waals surface area contributed by atoms with Gasteiger partial charge in [0.2, 0.25) is 0 Å². The average molecular weight is 230 g/mol. The second-order valence-electron chi connectivity index (χ2n) is 4.49. The first-order valence-corrected chi connectivity index (χ1v) is 5.91. The predicted octanol–water partition coefficient (Wildman–Crippen LogP) is 2.53. The molecule has 0 N–H and O–H groups in total. The zero-order valence-electron chi connectivity index (χ0n) is 9.90. The Kier molecular flexibility index (Phi) is 2.96. The third-order valence-corrected chi connectivity index (χ3v) is 3.12. The highest BCUT2D eigenvalue weighted by Crippen LogP contribution is 2.44. The standard InChI is InChI=1S/C12H16N2O.Al/c1-4-9-8-12(2,3)11(10(9)15)14-7-5-6-13-14;/h5-8,15H,4H2,1-3H3;/q;+1/p-1. The van der Waals surface area contributed by atoms with E-state index in [0.717, 1.165) is 17.9 Å². The largest absolute Gasteiger partial charge is 0.652 e. The van der Waals surface area contributed by atoms with Gasteiger partial charge < -0.3 is 3.79 Å². The molecule has 0 unspecified atom stereocenters.